The lowest BCUT2D eigenvalue weighted by Crippen LogP contribution is -2.15. The molecule has 86 valence electrons. The highest BCUT2D eigenvalue weighted by Gasteiger charge is 2.33. The van der Waals surface area contributed by atoms with Crippen LogP contribution in [0.15, 0.2) is 36.1 Å². The highest BCUT2D eigenvalue weighted by Crippen LogP contribution is 2.28. The van der Waals surface area contributed by atoms with Crippen LogP contribution in [0.25, 0.3) is 0 Å². The van der Waals surface area contributed by atoms with Crippen molar-refractivity contribution < 1.29 is 17.9 Å². The number of ether oxygens (including phenoxy) is 1. The minimum Gasteiger partial charge on any atom is -0.406 e. The molecule has 0 aromatic rings. The third kappa shape index (κ3) is 5.30. The minimum absolute atomic E-state index is 0.0384. The lowest BCUT2D eigenvalue weighted by atomic mass is 10.0. The summed E-state index contributed by atoms with van der Waals surface area (Å²) < 4.78 is 40.1. The summed E-state index contributed by atoms with van der Waals surface area (Å²) in [5.41, 5.74) is 0.507. The maximum atomic E-state index is 12.1. The van der Waals surface area contributed by atoms with E-state index in [1.54, 1.807) is 26.8 Å². The summed E-state index contributed by atoms with van der Waals surface area (Å²) in [5.74, 6) is -0.237. The van der Waals surface area contributed by atoms with Crippen LogP contribution in [0.3, 0.4) is 0 Å². The number of alkyl halides is 3. The fraction of sp³-hybridized carbons (Fsp3) is 0.455. The summed E-state index contributed by atoms with van der Waals surface area (Å²) in [4.78, 5) is 0. The molecule has 0 aromatic carbocycles. The molecule has 0 aliphatic rings. The van der Waals surface area contributed by atoms with Gasteiger partial charge in [0.05, 0.1) is 0 Å². The van der Waals surface area contributed by atoms with E-state index in [0.29, 0.717) is 5.57 Å². The summed E-state index contributed by atoms with van der Waals surface area (Å²) in [6.45, 7) is 8.62. The number of allylic oxidation sites excluding steroid dienone is 4. The normalized spacial score (nSPS) is 14.3. The molecule has 0 rings (SSSR count). The molecule has 1 nitrogen and oxygen atoms in total. The molecule has 0 aliphatic heterocycles. The molecule has 0 amide bonds. The quantitative estimate of drug-likeness (QED) is 0.509. The molecule has 0 saturated carbocycles. The molecule has 0 bridgehead atoms. The van der Waals surface area contributed by atoms with Gasteiger partial charge in [-0.1, -0.05) is 32.6 Å². The van der Waals surface area contributed by atoms with Crippen molar-refractivity contribution in [2.24, 2.45) is 5.92 Å². The molecule has 0 aliphatic carbocycles. The third-order valence-electron chi connectivity index (χ3n) is 1.71. The van der Waals surface area contributed by atoms with Gasteiger partial charge in [-0.2, -0.15) is 0 Å². The van der Waals surface area contributed by atoms with Crippen LogP contribution in [0.2, 0.25) is 0 Å². The molecule has 0 aromatic heterocycles. The van der Waals surface area contributed by atoms with E-state index < -0.39 is 6.36 Å². The van der Waals surface area contributed by atoms with Crippen molar-refractivity contribution in [1.82, 2.24) is 0 Å². The van der Waals surface area contributed by atoms with Crippen LogP contribution in [-0.4, -0.2) is 6.36 Å². The van der Waals surface area contributed by atoms with Crippen LogP contribution in [0, 0.1) is 5.92 Å². The zero-order valence-corrected chi connectivity index (χ0v) is 9.06. The average Bonchev–Trinajstić information content (AvgIpc) is 2.01. The van der Waals surface area contributed by atoms with Gasteiger partial charge >= 0.3 is 6.36 Å². The maximum absolute atomic E-state index is 12.1. The zero-order valence-electron chi connectivity index (χ0n) is 9.06. The largest absolute Gasteiger partial charge is 0.573 e. The summed E-state index contributed by atoms with van der Waals surface area (Å²) in [7, 11) is 0. The molecule has 0 spiro atoms. The van der Waals surface area contributed by atoms with Crippen LogP contribution in [0.5, 0.6) is 0 Å². The minimum atomic E-state index is -4.67. The molecule has 0 unspecified atom stereocenters. The molecule has 0 heterocycles. The van der Waals surface area contributed by atoms with E-state index in [1.807, 2.05) is 0 Å². The Morgan fingerprint density at radius 3 is 2.13 bits per heavy atom. The van der Waals surface area contributed by atoms with Gasteiger partial charge in [0, 0.05) is 0 Å². The fourth-order valence-electron chi connectivity index (χ4n) is 1.18. The van der Waals surface area contributed by atoms with Crippen LogP contribution in [0.1, 0.15) is 20.8 Å². The molecule has 0 fully saturated rings. The molecule has 4 heteroatoms. The summed E-state index contributed by atoms with van der Waals surface area (Å²) in [6.07, 6.45) is -0.584. The average molecular weight is 220 g/mol. The number of hydrogen-bond donors (Lipinski definition) is 0. The van der Waals surface area contributed by atoms with Gasteiger partial charge in [0.25, 0.3) is 0 Å². The van der Waals surface area contributed by atoms with E-state index in [4.69, 9.17) is 0 Å². The van der Waals surface area contributed by atoms with Gasteiger partial charge in [0.2, 0.25) is 0 Å². The van der Waals surface area contributed by atoms with E-state index in [9.17, 15) is 13.2 Å². The van der Waals surface area contributed by atoms with Crippen molar-refractivity contribution in [2.45, 2.75) is 27.1 Å². The Bertz CT molecular complexity index is 272. The fourth-order valence-corrected chi connectivity index (χ4v) is 1.18. The van der Waals surface area contributed by atoms with Crippen LogP contribution < -0.4 is 0 Å². The SMILES string of the molecule is C=C/C=C(OC(F)(F)F)\C(=C/C)C(C)C. The van der Waals surface area contributed by atoms with Gasteiger partial charge in [0.15, 0.2) is 0 Å². The van der Waals surface area contributed by atoms with Crippen molar-refractivity contribution >= 4 is 0 Å². The number of hydrogen-bond acceptors (Lipinski definition) is 1. The molecule has 0 atom stereocenters. The monoisotopic (exact) mass is 220 g/mol. The van der Waals surface area contributed by atoms with Crippen LogP contribution in [0.4, 0.5) is 13.2 Å². The lowest BCUT2D eigenvalue weighted by molar-refractivity contribution is -0.304. The van der Waals surface area contributed by atoms with Gasteiger partial charge in [0.1, 0.15) is 5.76 Å². The van der Waals surface area contributed by atoms with Crippen molar-refractivity contribution in [3.05, 3.63) is 36.1 Å². The zero-order chi connectivity index (χ0) is 12.1. The van der Waals surface area contributed by atoms with Gasteiger partial charge in [-0.3, -0.25) is 0 Å². The summed E-state index contributed by atoms with van der Waals surface area (Å²) in [5, 5.41) is 0. The second kappa shape index (κ2) is 5.63. The number of rotatable bonds is 4. The Hall–Kier alpha value is -1.19. The highest BCUT2D eigenvalue weighted by molar-refractivity contribution is 5.29. The maximum Gasteiger partial charge on any atom is 0.573 e. The first-order valence-electron chi connectivity index (χ1n) is 4.56. The van der Waals surface area contributed by atoms with Crippen LogP contribution in [-0.2, 0) is 4.74 Å². The van der Waals surface area contributed by atoms with Crippen molar-refractivity contribution in [1.29, 1.82) is 0 Å². The van der Waals surface area contributed by atoms with Crippen molar-refractivity contribution in [3.63, 3.8) is 0 Å². The van der Waals surface area contributed by atoms with E-state index in [0.717, 1.165) is 0 Å². The molecular weight excluding hydrogens is 205 g/mol. The van der Waals surface area contributed by atoms with Crippen LogP contribution >= 0.6 is 0 Å². The van der Waals surface area contributed by atoms with Gasteiger partial charge < -0.3 is 4.74 Å². The summed E-state index contributed by atoms with van der Waals surface area (Å²) in [6, 6.07) is 0. The Morgan fingerprint density at radius 2 is 1.87 bits per heavy atom. The van der Waals surface area contributed by atoms with Gasteiger partial charge in [-0.15, -0.1) is 13.2 Å². The van der Waals surface area contributed by atoms with Gasteiger partial charge in [-0.25, -0.2) is 0 Å². The Labute approximate surface area is 87.9 Å². The lowest BCUT2D eigenvalue weighted by Gasteiger charge is -2.17. The predicted octanol–water partition coefficient (Wildman–Crippen LogP) is 4.20. The standard InChI is InChI=1S/C11H15F3O/c1-5-7-10(15-11(12,13)14)9(6-2)8(3)4/h5-8H,1H2,2-4H3/b9-6-,10-7+. The first kappa shape index (κ1) is 13.8. The van der Waals surface area contributed by atoms with Gasteiger partial charge in [-0.05, 0) is 24.5 Å². The third-order valence-corrected chi connectivity index (χ3v) is 1.71. The predicted molar refractivity (Wildman–Crippen MR) is 54.0 cm³/mol. The Morgan fingerprint density at radius 1 is 1.33 bits per heavy atom. The summed E-state index contributed by atoms with van der Waals surface area (Å²) >= 11 is 0. The first-order chi connectivity index (χ1) is 6.81. The number of halogens is 3. The van der Waals surface area contributed by atoms with E-state index in [2.05, 4.69) is 11.3 Å². The smallest absolute Gasteiger partial charge is 0.406 e. The Balaban J connectivity index is 4.99. The van der Waals surface area contributed by atoms with Crippen molar-refractivity contribution in [2.75, 3.05) is 0 Å². The topological polar surface area (TPSA) is 9.23 Å². The van der Waals surface area contributed by atoms with E-state index in [-0.39, 0.29) is 11.7 Å². The second-order valence-corrected chi connectivity index (χ2v) is 3.21. The second-order valence-electron chi connectivity index (χ2n) is 3.21. The molecule has 0 N–H and O–H groups in total. The molecular formula is C11H15F3O. The van der Waals surface area contributed by atoms with Crippen molar-refractivity contribution in [3.8, 4) is 0 Å². The molecule has 0 saturated heterocycles. The molecule has 0 radical (unpaired) electrons. The highest BCUT2D eigenvalue weighted by atomic mass is 19.4. The Kier molecular flexibility index (Phi) is 5.19. The molecule has 15 heavy (non-hydrogen) atoms. The van der Waals surface area contributed by atoms with E-state index >= 15 is 0 Å². The van der Waals surface area contributed by atoms with E-state index in [1.165, 1.54) is 12.2 Å². The first-order valence-corrected chi connectivity index (χ1v) is 4.56.